The van der Waals surface area contributed by atoms with E-state index in [0.29, 0.717) is 18.7 Å². The standard InChI is InChI=1S/C22H30N2O5S/c1-4-11-24(17-13-19-20(28-3)6-5-7-21(19)29-15-17)12-10-23-30(26,27)22-14-18(25)9-8-16(22)2/h5-9,14,17,23,25H,4,10-13,15H2,1-3H3. The molecule has 164 valence electrons. The third kappa shape index (κ3) is 5.06. The second kappa shape index (κ2) is 9.68. The predicted octanol–water partition coefficient (Wildman–Crippen LogP) is 2.70. The molecule has 0 amide bonds. The van der Waals surface area contributed by atoms with E-state index in [-0.39, 0.29) is 23.2 Å². The fourth-order valence-corrected chi connectivity index (χ4v) is 5.12. The van der Waals surface area contributed by atoms with Crippen LogP contribution in [0.5, 0.6) is 17.2 Å². The number of ether oxygens (including phenoxy) is 2. The fraction of sp³-hybridized carbons (Fsp3) is 0.455. The summed E-state index contributed by atoms with van der Waals surface area (Å²) in [7, 11) is -2.05. The molecule has 2 N–H and O–H groups in total. The maximum atomic E-state index is 12.7. The Kier molecular flexibility index (Phi) is 7.23. The number of rotatable bonds is 9. The van der Waals surface area contributed by atoms with Crippen molar-refractivity contribution in [1.82, 2.24) is 9.62 Å². The average molecular weight is 435 g/mol. The molecule has 8 heteroatoms. The Bertz CT molecular complexity index is 963. The molecule has 0 bridgehead atoms. The van der Waals surface area contributed by atoms with Crippen molar-refractivity contribution in [1.29, 1.82) is 0 Å². The molecule has 0 fully saturated rings. The number of phenolic OH excluding ortho intramolecular Hbond substituents is 1. The van der Waals surface area contributed by atoms with Gasteiger partial charge in [0.2, 0.25) is 10.0 Å². The van der Waals surface area contributed by atoms with Crippen molar-refractivity contribution in [2.24, 2.45) is 0 Å². The van der Waals surface area contributed by atoms with Crippen molar-refractivity contribution in [2.75, 3.05) is 33.4 Å². The van der Waals surface area contributed by atoms with E-state index in [9.17, 15) is 13.5 Å². The van der Waals surface area contributed by atoms with E-state index in [2.05, 4.69) is 16.5 Å². The highest BCUT2D eigenvalue weighted by Gasteiger charge is 2.27. The monoisotopic (exact) mass is 434 g/mol. The van der Waals surface area contributed by atoms with Crippen molar-refractivity contribution < 1.29 is 23.0 Å². The van der Waals surface area contributed by atoms with Gasteiger partial charge in [-0.25, -0.2) is 13.1 Å². The SMILES string of the molecule is CCCN(CCNS(=O)(=O)c1cc(O)ccc1C)C1COc2cccc(OC)c2C1. The second-order valence-corrected chi connectivity index (χ2v) is 9.22. The van der Waals surface area contributed by atoms with E-state index < -0.39 is 10.0 Å². The number of fused-ring (bicyclic) bond motifs is 1. The van der Waals surface area contributed by atoms with Gasteiger partial charge in [0.1, 0.15) is 23.9 Å². The van der Waals surface area contributed by atoms with Gasteiger partial charge in [-0.1, -0.05) is 19.1 Å². The molecule has 1 heterocycles. The van der Waals surface area contributed by atoms with Gasteiger partial charge in [0, 0.05) is 30.8 Å². The number of benzene rings is 2. The molecule has 0 saturated heterocycles. The first-order chi connectivity index (χ1) is 14.4. The predicted molar refractivity (Wildman–Crippen MR) is 116 cm³/mol. The van der Waals surface area contributed by atoms with Gasteiger partial charge in [0.15, 0.2) is 0 Å². The molecule has 0 aromatic heterocycles. The highest BCUT2D eigenvalue weighted by Crippen LogP contribution is 2.33. The van der Waals surface area contributed by atoms with Crippen LogP contribution < -0.4 is 14.2 Å². The van der Waals surface area contributed by atoms with E-state index in [0.717, 1.165) is 36.4 Å². The number of aryl methyl sites for hydroxylation is 1. The first-order valence-electron chi connectivity index (χ1n) is 10.2. The van der Waals surface area contributed by atoms with Gasteiger partial charge < -0.3 is 14.6 Å². The van der Waals surface area contributed by atoms with Crippen LogP contribution in [-0.4, -0.2) is 57.8 Å². The summed E-state index contributed by atoms with van der Waals surface area (Å²) in [6, 6.07) is 10.3. The van der Waals surface area contributed by atoms with Crippen molar-refractivity contribution in [3.8, 4) is 17.2 Å². The molecule has 30 heavy (non-hydrogen) atoms. The summed E-state index contributed by atoms with van der Waals surface area (Å²) < 4.78 is 39.5. The number of phenols is 1. The third-order valence-corrected chi connectivity index (χ3v) is 6.96. The highest BCUT2D eigenvalue weighted by molar-refractivity contribution is 7.89. The molecule has 0 saturated carbocycles. The minimum atomic E-state index is -3.70. The van der Waals surface area contributed by atoms with Crippen LogP contribution in [0.3, 0.4) is 0 Å². The van der Waals surface area contributed by atoms with Gasteiger partial charge in [0.05, 0.1) is 12.0 Å². The molecule has 7 nitrogen and oxygen atoms in total. The van der Waals surface area contributed by atoms with Crippen LogP contribution in [0.2, 0.25) is 0 Å². The van der Waals surface area contributed by atoms with Gasteiger partial charge >= 0.3 is 0 Å². The van der Waals surface area contributed by atoms with Gasteiger partial charge in [-0.2, -0.15) is 0 Å². The van der Waals surface area contributed by atoms with Crippen molar-refractivity contribution in [3.05, 3.63) is 47.5 Å². The molecule has 2 aromatic carbocycles. The molecule has 0 aliphatic carbocycles. The van der Waals surface area contributed by atoms with Crippen molar-refractivity contribution >= 4 is 10.0 Å². The molecule has 2 aromatic rings. The Labute approximate surface area is 178 Å². The molecule has 0 spiro atoms. The molecule has 1 unspecified atom stereocenters. The van der Waals surface area contributed by atoms with Gasteiger partial charge in [-0.05, 0) is 50.1 Å². The van der Waals surface area contributed by atoms with E-state index >= 15 is 0 Å². The van der Waals surface area contributed by atoms with E-state index in [1.165, 1.54) is 12.1 Å². The van der Waals surface area contributed by atoms with Crippen LogP contribution in [0, 0.1) is 6.92 Å². The van der Waals surface area contributed by atoms with Gasteiger partial charge in [-0.3, -0.25) is 4.90 Å². The Morgan fingerprint density at radius 2 is 2.07 bits per heavy atom. The van der Waals surface area contributed by atoms with E-state index in [1.54, 1.807) is 20.1 Å². The van der Waals surface area contributed by atoms with E-state index in [4.69, 9.17) is 9.47 Å². The lowest BCUT2D eigenvalue weighted by Gasteiger charge is -2.35. The number of aromatic hydroxyl groups is 1. The topological polar surface area (TPSA) is 88.1 Å². The highest BCUT2D eigenvalue weighted by atomic mass is 32.2. The van der Waals surface area contributed by atoms with Crippen LogP contribution in [0.15, 0.2) is 41.3 Å². The minimum absolute atomic E-state index is 0.0689. The van der Waals surface area contributed by atoms with Gasteiger partial charge in [-0.15, -0.1) is 0 Å². The summed E-state index contributed by atoms with van der Waals surface area (Å²) in [4.78, 5) is 2.36. The second-order valence-electron chi connectivity index (χ2n) is 7.49. The number of nitrogens with one attached hydrogen (secondary N) is 1. The molecule has 0 radical (unpaired) electrons. The summed E-state index contributed by atoms with van der Waals surface area (Å²) in [5.74, 6) is 1.59. The van der Waals surface area contributed by atoms with Crippen LogP contribution in [0.1, 0.15) is 24.5 Å². The number of hydrogen-bond donors (Lipinski definition) is 2. The van der Waals surface area contributed by atoms with Gasteiger partial charge in [0.25, 0.3) is 0 Å². The number of methoxy groups -OCH3 is 1. The lowest BCUT2D eigenvalue weighted by atomic mass is 10.00. The summed E-state index contributed by atoms with van der Waals surface area (Å²) in [6.07, 6.45) is 1.74. The number of hydrogen-bond acceptors (Lipinski definition) is 6. The first kappa shape index (κ1) is 22.4. The van der Waals surface area contributed by atoms with Crippen LogP contribution >= 0.6 is 0 Å². The van der Waals surface area contributed by atoms with Crippen LogP contribution in [0.4, 0.5) is 0 Å². The molecular weight excluding hydrogens is 404 g/mol. The first-order valence-corrected chi connectivity index (χ1v) is 11.7. The average Bonchev–Trinajstić information content (AvgIpc) is 2.73. The summed E-state index contributed by atoms with van der Waals surface area (Å²) in [5, 5.41) is 9.65. The molecule has 1 aliphatic rings. The zero-order chi connectivity index (χ0) is 21.7. The largest absolute Gasteiger partial charge is 0.508 e. The minimum Gasteiger partial charge on any atom is -0.508 e. The quantitative estimate of drug-likeness (QED) is 0.631. The number of sulfonamides is 1. The van der Waals surface area contributed by atoms with Crippen molar-refractivity contribution in [2.45, 2.75) is 37.6 Å². The molecule has 3 rings (SSSR count). The number of nitrogens with zero attached hydrogens (tertiary/aromatic N) is 1. The molecule has 1 aliphatic heterocycles. The summed E-state index contributed by atoms with van der Waals surface area (Å²) in [5.41, 5.74) is 1.64. The van der Waals surface area contributed by atoms with Crippen LogP contribution in [0.25, 0.3) is 0 Å². The Balaban J connectivity index is 1.67. The smallest absolute Gasteiger partial charge is 0.241 e. The zero-order valence-corrected chi connectivity index (χ0v) is 18.5. The summed E-state index contributed by atoms with van der Waals surface area (Å²) in [6.45, 7) is 6.03. The maximum Gasteiger partial charge on any atom is 0.241 e. The van der Waals surface area contributed by atoms with Crippen LogP contribution in [-0.2, 0) is 16.4 Å². The third-order valence-electron chi connectivity index (χ3n) is 5.36. The molecular formula is C22H30N2O5S. The summed E-state index contributed by atoms with van der Waals surface area (Å²) >= 11 is 0. The fourth-order valence-electron chi connectivity index (χ4n) is 3.83. The maximum absolute atomic E-state index is 12.7. The lowest BCUT2D eigenvalue weighted by molar-refractivity contribution is 0.119. The van der Waals surface area contributed by atoms with E-state index in [1.807, 2.05) is 18.2 Å². The Morgan fingerprint density at radius 3 is 2.80 bits per heavy atom. The Hall–Kier alpha value is -2.29. The molecule has 1 atom stereocenters. The Morgan fingerprint density at radius 1 is 1.27 bits per heavy atom. The zero-order valence-electron chi connectivity index (χ0n) is 17.7. The normalized spacial score (nSPS) is 16.2. The lowest BCUT2D eigenvalue weighted by Crippen LogP contribution is -2.46. The van der Waals surface area contributed by atoms with Crippen molar-refractivity contribution in [3.63, 3.8) is 0 Å².